The highest BCUT2D eigenvalue weighted by Crippen LogP contribution is 1.89. The molecule has 0 radical (unpaired) electrons. The summed E-state index contributed by atoms with van der Waals surface area (Å²) in [6.45, 7) is 4.33. The summed E-state index contributed by atoms with van der Waals surface area (Å²) in [5, 5.41) is 0. The van der Waals surface area contributed by atoms with E-state index in [4.69, 9.17) is 0 Å². The molecule has 0 spiro atoms. The van der Waals surface area contributed by atoms with Gasteiger partial charge >= 0.3 is 5.97 Å². The molecule has 0 amide bonds. The van der Waals surface area contributed by atoms with Gasteiger partial charge in [0.25, 0.3) is 0 Å². The lowest BCUT2D eigenvalue weighted by Crippen LogP contribution is -1.98. The van der Waals surface area contributed by atoms with Crippen LogP contribution in [0.1, 0.15) is 26.7 Å². The van der Waals surface area contributed by atoms with E-state index in [1.807, 2.05) is 12.2 Å². The Bertz CT molecular complexity index is 169. The van der Waals surface area contributed by atoms with Crippen LogP contribution in [0.15, 0.2) is 24.3 Å². The van der Waals surface area contributed by atoms with Crippen molar-refractivity contribution in [3.05, 3.63) is 24.3 Å². The van der Waals surface area contributed by atoms with Crippen LogP contribution < -0.4 is 0 Å². The molecule has 0 aliphatic heterocycles. The Hall–Kier alpha value is -1.05. The van der Waals surface area contributed by atoms with E-state index in [0.29, 0.717) is 6.61 Å². The van der Waals surface area contributed by atoms with Gasteiger partial charge in [-0.15, -0.1) is 0 Å². The van der Waals surface area contributed by atoms with E-state index in [0.717, 1.165) is 12.8 Å². The van der Waals surface area contributed by atoms with E-state index in [2.05, 4.69) is 11.7 Å². The topological polar surface area (TPSA) is 26.3 Å². The molecule has 0 rings (SSSR count). The molecular weight excluding hydrogens is 152 g/mol. The van der Waals surface area contributed by atoms with Crippen LogP contribution in [0.5, 0.6) is 0 Å². The standard InChI is InChI=1S/C10H16O2/c1-3-5-6-7-8-9-10(11)12-4-2/h6-9H,3-5H2,1-2H3/b7-6+,9-8-. The van der Waals surface area contributed by atoms with Crippen LogP contribution in [-0.4, -0.2) is 12.6 Å². The minimum absolute atomic E-state index is 0.279. The molecule has 0 aliphatic rings. The first-order valence-corrected chi connectivity index (χ1v) is 4.31. The molecule has 0 fully saturated rings. The maximum absolute atomic E-state index is 10.7. The molecular formula is C10H16O2. The zero-order chi connectivity index (χ0) is 9.23. The number of carbonyl (C=O) groups is 1. The normalized spacial score (nSPS) is 11.2. The van der Waals surface area contributed by atoms with Crippen LogP contribution in [0, 0.1) is 0 Å². The van der Waals surface area contributed by atoms with Crippen molar-refractivity contribution in [1.29, 1.82) is 0 Å². The lowest BCUT2D eigenvalue weighted by Gasteiger charge is -1.92. The molecule has 0 heterocycles. The summed E-state index contributed by atoms with van der Waals surface area (Å²) in [5.74, 6) is -0.279. The molecule has 12 heavy (non-hydrogen) atoms. The number of unbranched alkanes of at least 4 members (excludes halogenated alkanes) is 1. The van der Waals surface area contributed by atoms with Gasteiger partial charge in [0.2, 0.25) is 0 Å². The molecule has 0 saturated heterocycles. The molecule has 2 heteroatoms. The van der Waals surface area contributed by atoms with Crippen molar-refractivity contribution in [3.63, 3.8) is 0 Å². The van der Waals surface area contributed by atoms with Crippen molar-refractivity contribution in [2.45, 2.75) is 26.7 Å². The van der Waals surface area contributed by atoms with Gasteiger partial charge in [-0.1, -0.05) is 31.6 Å². The monoisotopic (exact) mass is 168 g/mol. The molecule has 0 aromatic heterocycles. The first-order valence-electron chi connectivity index (χ1n) is 4.31. The fourth-order valence-electron chi connectivity index (χ4n) is 0.666. The minimum Gasteiger partial charge on any atom is -0.463 e. The van der Waals surface area contributed by atoms with E-state index in [1.165, 1.54) is 6.08 Å². The highest BCUT2D eigenvalue weighted by molar-refractivity contribution is 5.82. The second kappa shape index (κ2) is 8.05. The molecule has 68 valence electrons. The van der Waals surface area contributed by atoms with Gasteiger partial charge in [-0.05, 0) is 13.3 Å². The first kappa shape index (κ1) is 11.0. The van der Waals surface area contributed by atoms with Crippen molar-refractivity contribution >= 4 is 5.97 Å². The third-order valence-corrected chi connectivity index (χ3v) is 1.22. The Morgan fingerprint density at radius 2 is 2.08 bits per heavy atom. The second-order valence-electron chi connectivity index (χ2n) is 2.33. The van der Waals surface area contributed by atoms with Crippen molar-refractivity contribution < 1.29 is 9.53 Å². The predicted octanol–water partition coefficient (Wildman–Crippen LogP) is 2.46. The highest BCUT2D eigenvalue weighted by atomic mass is 16.5. The lowest BCUT2D eigenvalue weighted by molar-refractivity contribution is -0.137. The van der Waals surface area contributed by atoms with Gasteiger partial charge in [0, 0.05) is 6.08 Å². The maximum atomic E-state index is 10.7. The summed E-state index contributed by atoms with van der Waals surface area (Å²) in [6, 6.07) is 0. The predicted molar refractivity (Wildman–Crippen MR) is 49.8 cm³/mol. The summed E-state index contributed by atoms with van der Waals surface area (Å²) >= 11 is 0. The summed E-state index contributed by atoms with van der Waals surface area (Å²) in [5.41, 5.74) is 0. The lowest BCUT2D eigenvalue weighted by atomic mass is 10.3. The van der Waals surface area contributed by atoms with Crippen LogP contribution in [-0.2, 0) is 9.53 Å². The maximum Gasteiger partial charge on any atom is 0.330 e. The average Bonchev–Trinajstić information content (AvgIpc) is 2.05. The summed E-state index contributed by atoms with van der Waals surface area (Å²) < 4.78 is 4.69. The van der Waals surface area contributed by atoms with Gasteiger partial charge in [-0.2, -0.15) is 0 Å². The number of allylic oxidation sites excluding steroid dienone is 3. The SMILES string of the molecule is CCC/C=C/C=C\C(=O)OCC. The molecule has 0 atom stereocenters. The molecule has 0 aliphatic carbocycles. The van der Waals surface area contributed by atoms with Gasteiger partial charge < -0.3 is 4.74 Å². The molecule has 0 unspecified atom stereocenters. The molecule has 0 bridgehead atoms. The van der Waals surface area contributed by atoms with Crippen molar-refractivity contribution in [3.8, 4) is 0 Å². The summed E-state index contributed by atoms with van der Waals surface area (Å²) in [4.78, 5) is 10.7. The summed E-state index contributed by atoms with van der Waals surface area (Å²) in [6.07, 6.45) is 9.19. The third kappa shape index (κ3) is 7.06. The Kier molecular flexibility index (Phi) is 7.35. The fraction of sp³-hybridized carbons (Fsp3) is 0.500. The van der Waals surface area contributed by atoms with E-state index in [-0.39, 0.29) is 5.97 Å². The van der Waals surface area contributed by atoms with Gasteiger partial charge in [-0.3, -0.25) is 0 Å². The van der Waals surface area contributed by atoms with Crippen LogP contribution in [0.25, 0.3) is 0 Å². The van der Waals surface area contributed by atoms with Gasteiger partial charge in [0.05, 0.1) is 6.61 Å². The van der Waals surface area contributed by atoms with Crippen LogP contribution >= 0.6 is 0 Å². The van der Waals surface area contributed by atoms with E-state index in [1.54, 1.807) is 13.0 Å². The smallest absolute Gasteiger partial charge is 0.330 e. The van der Waals surface area contributed by atoms with Gasteiger partial charge in [0.1, 0.15) is 0 Å². The molecule has 0 saturated carbocycles. The Morgan fingerprint density at radius 3 is 2.67 bits per heavy atom. The fourth-order valence-corrected chi connectivity index (χ4v) is 0.666. The van der Waals surface area contributed by atoms with Crippen LogP contribution in [0.2, 0.25) is 0 Å². The van der Waals surface area contributed by atoms with Crippen LogP contribution in [0.3, 0.4) is 0 Å². The quantitative estimate of drug-likeness (QED) is 0.358. The molecule has 2 nitrogen and oxygen atoms in total. The first-order chi connectivity index (χ1) is 5.81. The Balaban J connectivity index is 3.53. The number of hydrogen-bond acceptors (Lipinski definition) is 2. The minimum atomic E-state index is -0.279. The zero-order valence-corrected chi connectivity index (χ0v) is 7.75. The summed E-state index contributed by atoms with van der Waals surface area (Å²) in [7, 11) is 0. The highest BCUT2D eigenvalue weighted by Gasteiger charge is 1.89. The number of rotatable bonds is 5. The number of carbonyl (C=O) groups excluding carboxylic acids is 1. The molecule has 0 aromatic carbocycles. The zero-order valence-electron chi connectivity index (χ0n) is 7.75. The van der Waals surface area contributed by atoms with Gasteiger partial charge in [-0.25, -0.2) is 4.79 Å². The Morgan fingerprint density at radius 1 is 1.33 bits per heavy atom. The number of hydrogen-bond donors (Lipinski definition) is 0. The average molecular weight is 168 g/mol. The number of ether oxygens (including phenoxy) is 1. The number of esters is 1. The third-order valence-electron chi connectivity index (χ3n) is 1.22. The molecule has 0 N–H and O–H groups in total. The van der Waals surface area contributed by atoms with Gasteiger partial charge in [0.15, 0.2) is 0 Å². The van der Waals surface area contributed by atoms with Crippen LogP contribution in [0.4, 0.5) is 0 Å². The van der Waals surface area contributed by atoms with Crippen molar-refractivity contribution in [1.82, 2.24) is 0 Å². The van der Waals surface area contributed by atoms with E-state index < -0.39 is 0 Å². The van der Waals surface area contributed by atoms with E-state index >= 15 is 0 Å². The second-order valence-corrected chi connectivity index (χ2v) is 2.33. The molecule has 0 aromatic rings. The Labute approximate surface area is 73.9 Å². The van der Waals surface area contributed by atoms with Crippen molar-refractivity contribution in [2.75, 3.05) is 6.61 Å². The van der Waals surface area contributed by atoms with E-state index in [9.17, 15) is 4.79 Å². The van der Waals surface area contributed by atoms with Crippen molar-refractivity contribution in [2.24, 2.45) is 0 Å². The largest absolute Gasteiger partial charge is 0.463 e.